The van der Waals surface area contributed by atoms with Crippen LogP contribution in [0.1, 0.15) is 24.0 Å². The van der Waals surface area contributed by atoms with Crippen LogP contribution in [0.4, 0.5) is 10.1 Å². The van der Waals surface area contributed by atoms with E-state index in [-0.39, 0.29) is 24.2 Å². The number of hydrogen-bond acceptors (Lipinski definition) is 2. The Kier molecular flexibility index (Phi) is 5.28. The average molecular weight is 375 g/mol. The number of nitrogens with one attached hydrogen (secondary N) is 2. The van der Waals surface area contributed by atoms with E-state index in [1.165, 1.54) is 6.07 Å². The monoisotopic (exact) mass is 374 g/mol. The molecule has 0 heterocycles. The normalized spacial score (nSPS) is 14.6. The summed E-state index contributed by atoms with van der Waals surface area (Å²) in [5, 5.41) is 6.08. The van der Waals surface area contributed by atoms with Crippen molar-refractivity contribution in [3.8, 4) is 0 Å². The topological polar surface area (TPSA) is 58.2 Å². The van der Waals surface area contributed by atoms with Crippen LogP contribution < -0.4 is 10.6 Å². The second-order valence-electron chi connectivity index (χ2n) is 6.60. The average Bonchev–Trinajstić information content (AvgIpc) is 3.42. The molecule has 0 spiro atoms. The lowest BCUT2D eigenvalue weighted by atomic mass is 10.0. The van der Waals surface area contributed by atoms with E-state index in [1.54, 1.807) is 30.3 Å². The fraction of sp³-hybridized carbons (Fsp3) is 0.300. The van der Waals surface area contributed by atoms with Crippen molar-refractivity contribution in [2.75, 3.05) is 11.9 Å². The van der Waals surface area contributed by atoms with Gasteiger partial charge in [-0.2, -0.15) is 0 Å². The van der Waals surface area contributed by atoms with Gasteiger partial charge in [0.25, 0.3) is 0 Å². The first-order valence-corrected chi connectivity index (χ1v) is 8.89. The minimum Gasteiger partial charge on any atom is -0.355 e. The Balaban J connectivity index is 1.57. The standard InChI is InChI=1S/C20H20ClFN2O2/c1-13-6-7-15(12-16(13)21)24-19(26)20(9-10-20)18(25)23-11-8-14-4-2-3-5-17(14)22/h2-7,12H,8-11H2,1H3,(H,23,25)(H,24,26). The Labute approximate surface area is 156 Å². The first-order chi connectivity index (χ1) is 12.4. The second-order valence-corrected chi connectivity index (χ2v) is 7.00. The summed E-state index contributed by atoms with van der Waals surface area (Å²) in [5.41, 5.74) is 0.983. The molecule has 6 heteroatoms. The molecule has 1 aliphatic carbocycles. The first-order valence-electron chi connectivity index (χ1n) is 8.52. The van der Waals surface area contributed by atoms with E-state index in [0.29, 0.717) is 35.5 Å². The number of rotatable bonds is 6. The molecule has 1 fully saturated rings. The molecule has 4 nitrogen and oxygen atoms in total. The van der Waals surface area contributed by atoms with Crippen molar-refractivity contribution < 1.29 is 14.0 Å². The van der Waals surface area contributed by atoms with Gasteiger partial charge in [0, 0.05) is 17.3 Å². The lowest BCUT2D eigenvalue weighted by molar-refractivity contribution is -0.134. The maximum absolute atomic E-state index is 13.6. The van der Waals surface area contributed by atoms with Gasteiger partial charge < -0.3 is 10.6 Å². The number of aryl methyl sites for hydroxylation is 1. The molecule has 0 saturated heterocycles. The molecule has 0 radical (unpaired) electrons. The molecule has 1 saturated carbocycles. The molecule has 2 N–H and O–H groups in total. The minimum absolute atomic E-state index is 0.283. The van der Waals surface area contributed by atoms with E-state index in [4.69, 9.17) is 11.6 Å². The van der Waals surface area contributed by atoms with Crippen molar-refractivity contribution in [2.45, 2.75) is 26.2 Å². The third kappa shape index (κ3) is 3.88. The predicted octanol–water partition coefficient (Wildman–Crippen LogP) is 3.87. The number of hydrogen-bond donors (Lipinski definition) is 2. The van der Waals surface area contributed by atoms with Crippen LogP contribution in [0, 0.1) is 18.2 Å². The Morgan fingerprint density at radius 2 is 1.88 bits per heavy atom. The van der Waals surface area contributed by atoms with Gasteiger partial charge in [-0.1, -0.05) is 35.9 Å². The Morgan fingerprint density at radius 1 is 1.15 bits per heavy atom. The molecule has 2 aromatic rings. The fourth-order valence-corrected chi connectivity index (χ4v) is 2.97. The number of benzene rings is 2. The van der Waals surface area contributed by atoms with Crippen LogP contribution in [0.5, 0.6) is 0 Å². The Hall–Kier alpha value is -2.40. The van der Waals surface area contributed by atoms with E-state index in [0.717, 1.165) is 5.56 Å². The van der Waals surface area contributed by atoms with Gasteiger partial charge in [0.15, 0.2) is 0 Å². The van der Waals surface area contributed by atoms with Crippen molar-refractivity contribution in [3.63, 3.8) is 0 Å². The van der Waals surface area contributed by atoms with Gasteiger partial charge in [-0.3, -0.25) is 9.59 Å². The van der Waals surface area contributed by atoms with Gasteiger partial charge >= 0.3 is 0 Å². The third-order valence-corrected chi connectivity index (χ3v) is 5.09. The van der Waals surface area contributed by atoms with Crippen molar-refractivity contribution >= 4 is 29.1 Å². The Bertz CT molecular complexity index is 849. The first kappa shape index (κ1) is 18.4. The van der Waals surface area contributed by atoms with Crippen molar-refractivity contribution in [1.29, 1.82) is 0 Å². The zero-order chi connectivity index (χ0) is 18.7. The summed E-state index contributed by atoms with van der Waals surface area (Å²) < 4.78 is 13.6. The molecule has 1 aliphatic rings. The van der Waals surface area contributed by atoms with E-state index >= 15 is 0 Å². The van der Waals surface area contributed by atoms with Gasteiger partial charge in [-0.05, 0) is 55.5 Å². The zero-order valence-corrected chi connectivity index (χ0v) is 15.2. The van der Waals surface area contributed by atoms with E-state index in [9.17, 15) is 14.0 Å². The summed E-state index contributed by atoms with van der Waals surface area (Å²) in [4.78, 5) is 25.0. The quantitative estimate of drug-likeness (QED) is 0.754. The predicted molar refractivity (Wildman–Crippen MR) is 99.6 cm³/mol. The molecule has 0 unspecified atom stereocenters. The number of halogens is 2. The lowest BCUT2D eigenvalue weighted by Gasteiger charge is -2.16. The fourth-order valence-electron chi connectivity index (χ4n) is 2.78. The Morgan fingerprint density at radius 3 is 2.54 bits per heavy atom. The largest absolute Gasteiger partial charge is 0.355 e. The summed E-state index contributed by atoms with van der Waals surface area (Å²) in [6, 6.07) is 11.7. The van der Waals surface area contributed by atoms with Crippen LogP contribution in [0.25, 0.3) is 0 Å². The highest BCUT2D eigenvalue weighted by Crippen LogP contribution is 2.46. The van der Waals surface area contributed by atoms with Crippen molar-refractivity contribution in [2.24, 2.45) is 5.41 Å². The summed E-state index contributed by atoms with van der Waals surface area (Å²) in [6.45, 7) is 2.16. The highest BCUT2D eigenvalue weighted by molar-refractivity contribution is 6.31. The molecular formula is C20H20ClFN2O2. The van der Waals surface area contributed by atoms with Crippen LogP contribution >= 0.6 is 11.6 Å². The molecule has 136 valence electrons. The molecular weight excluding hydrogens is 355 g/mol. The molecule has 0 aromatic heterocycles. The van der Waals surface area contributed by atoms with E-state index < -0.39 is 5.41 Å². The van der Waals surface area contributed by atoms with E-state index in [1.807, 2.05) is 13.0 Å². The van der Waals surface area contributed by atoms with Gasteiger partial charge in [-0.15, -0.1) is 0 Å². The SMILES string of the molecule is Cc1ccc(NC(=O)C2(C(=O)NCCc3ccccc3F)CC2)cc1Cl. The van der Waals surface area contributed by atoms with Gasteiger partial charge in [0.1, 0.15) is 11.2 Å². The summed E-state index contributed by atoms with van der Waals surface area (Å²) in [5.74, 6) is -0.942. The third-order valence-electron chi connectivity index (χ3n) is 4.69. The maximum atomic E-state index is 13.6. The smallest absolute Gasteiger partial charge is 0.240 e. The molecule has 2 amide bonds. The summed E-state index contributed by atoms with van der Waals surface area (Å²) in [7, 11) is 0. The highest BCUT2D eigenvalue weighted by Gasteiger charge is 2.56. The molecule has 26 heavy (non-hydrogen) atoms. The van der Waals surface area contributed by atoms with Crippen molar-refractivity contribution in [3.05, 3.63) is 64.4 Å². The molecule has 0 atom stereocenters. The number of carbonyl (C=O) groups excluding carboxylic acids is 2. The number of amides is 2. The number of anilines is 1. The van der Waals surface area contributed by atoms with Gasteiger partial charge in [0.2, 0.25) is 11.8 Å². The lowest BCUT2D eigenvalue weighted by Crippen LogP contribution is -2.40. The zero-order valence-electron chi connectivity index (χ0n) is 14.4. The molecule has 0 aliphatic heterocycles. The van der Waals surface area contributed by atoms with Crippen molar-refractivity contribution in [1.82, 2.24) is 5.32 Å². The minimum atomic E-state index is -1.04. The molecule has 0 bridgehead atoms. The molecule has 3 rings (SSSR count). The van der Waals surface area contributed by atoms with Crippen LogP contribution in [0.15, 0.2) is 42.5 Å². The van der Waals surface area contributed by atoms with E-state index in [2.05, 4.69) is 10.6 Å². The molecule has 2 aromatic carbocycles. The van der Waals surface area contributed by atoms with Crippen LogP contribution in [-0.4, -0.2) is 18.4 Å². The van der Waals surface area contributed by atoms with Crippen LogP contribution in [-0.2, 0) is 16.0 Å². The maximum Gasteiger partial charge on any atom is 0.240 e. The number of carbonyl (C=O) groups is 2. The summed E-state index contributed by atoms with van der Waals surface area (Å²) >= 11 is 6.07. The second kappa shape index (κ2) is 7.46. The van der Waals surface area contributed by atoms with Gasteiger partial charge in [-0.25, -0.2) is 4.39 Å². The summed E-state index contributed by atoms with van der Waals surface area (Å²) in [6.07, 6.45) is 1.39. The highest BCUT2D eigenvalue weighted by atomic mass is 35.5. The van der Waals surface area contributed by atoms with Crippen LogP contribution in [0.3, 0.4) is 0 Å². The van der Waals surface area contributed by atoms with Crippen LogP contribution in [0.2, 0.25) is 5.02 Å². The van der Waals surface area contributed by atoms with Gasteiger partial charge in [0.05, 0.1) is 0 Å².